The monoisotopic (exact) mass is 393 g/mol. The molecule has 1 aromatic heterocycles. The number of thiophene rings is 1. The van der Waals surface area contributed by atoms with E-state index in [1.165, 1.54) is 6.08 Å². The van der Waals surface area contributed by atoms with Crippen molar-refractivity contribution < 1.29 is 14.3 Å². The van der Waals surface area contributed by atoms with Crippen LogP contribution >= 0.6 is 27.3 Å². The van der Waals surface area contributed by atoms with Crippen molar-refractivity contribution in [3.63, 3.8) is 0 Å². The molecule has 0 fully saturated rings. The minimum atomic E-state index is -0.841. The molecule has 2 aromatic rings. The Labute approximate surface area is 147 Å². The number of halogens is 1. The maximum atomic E-state index is 11.9. The number of hydrogen-bond donors (Lipinski definition) is 1. The molecule has 6 heteroatoms. The summed E-state index contributed by atoms with van der Waals surface area (Å²) in [5.74, 6) is -0.874. The quantitative estimate of drug-likeness (QED) is 0.600. The van der Waals surface area contributed by atoms with Crippen LogP contribution in [0.25, 0.3) is 6.08 Å². The highest BCUT2D eigenvalue weighted by atomic mass is 79.9. The van der Waals surface area contributed by atoms with Crippen LogP contribution in [0.3, 0.4) is 0 Å². The summed E-state index contributed by atoms with van der Waals surface area (Å²) in [6.45, 7) is 1.99. The number of rotatable bonds is 6. The van der Waals surface area contributed by atoms with Gasteiger partial charge >= 0.3 is 5.97 Å². The molecule has 23 heavy (non-hydrogen) atoms. The number of carbonyl (C=O) groups is 2. The predicted molar refractivity (Wildman–Crippen MR) is 94.9 cm³/mol. The van der Waals surface area contributed by atoms with Crippen molar-refractivity contribution in [2.45, 2.75) is 19.6 Å². The highest BCUT2D eigenvalue weighted by Crippen LogP contribution is 2.17. The first kappa shape index (κ1) is 17.4. The van der Waals surface area contributed by atoms with Gasteiger partial charge in [0.1, 0.15) is 0 Å². The zero-order valence-electron chi connectivity index (χ0n) is 12.5. The maximum Gasteiger partial charge on any atom is 0.331 e. The van der Waals surface area contributed by atoms with Crippen LogP contribution in [0.5, 0.6) is 0 Å². The Morgan fingerprint density at radius 1 is 1.30 bits per heavy atom. The van der Waals surface area contributed by atoms with E-state index >= 15 is 0 Å². The van der Waals surface area contributed by atoms with E-state index in [9.17, 15) is 9.59 Å². The molecule has 2 rings (SSSR count). The predicted octanol–water partition coefficient (Wildman–Crippen LogP) is 3.77. The molecule has 0 aliphatic carbocycles. The maximum absolute atomic E-state index is 11.9. The van der Waals surface area contributed by atoms with Crippen LogP contribution in [0.4, 0.5) is 0 Å². The van der Waals surface area contributed by atoms with Gasteiger partial charge in [-0.1, -0.05) is 40.2 Å². The number of ether oxygens (including phenoxy) is 1. The summed E-state index contributed by atoms with van der Waals surface area (Å²) in [5, 5.41) is 4.68. The lowest BCUT2D eigenvalue weighted by atomic mass is 10.2. The SMILES string of the molecule is C[C@H](OC(=O)/C=C/c1ccccc1Br)C(=O)NCc1cccs1. The van der Waals surface area contributed by atoms with Crippen molar-refractivity contribution in [2.75, 3.05) is 0 Å². The summed E-state index contributed by atoms with van der Waals surface area (Å²) in [5.41, 5.74) is 0.860. The molecule has 120 valence electrons. The van der Waals surface area contributed by atoms with Gasteiger partial charge in [0.05, 0.1) is 6.54 Å². The van der Waals surface area contributed by atoms with Gasteiger partial charge < -0.3 is 10.1 Å². The molecule has 0 unspecified atom stereocenters. The van der Waals surface area contributed by atoms with E-state index in [1.54, 1.807) is 24.3 Å². The lowest BCUT2D eigenvalue weighted by molar-refractivity contribution is -0.150. The average molecular weight is 394 g/mol. The van der Waals surface area contributed by atoms with Crippen LogP contribution in [-0.2, 0) is 20.9 Å². The summed E-state index contributed by atoms with van der Waals surface area (Å²) in [4.78, 5) is 24.7. The number of nitrogens with one attached hydrogen (secondary N) is 1. The van der Waals surface area contributed by atoms with E-state index in [0.29, 0.717) is 6.54 Å². The van der Waals surface area contributed by atoms with Crippen LogP contribution in [0.15, 0.2) is 52.3 Å². The second-order valence-electron chi connectivity index (χ2n) is 4.73. The fraction of sp³-hybridized carbons (Fsp3) is 0.176. The third kappa shape index (κ3) is 5.65. The number of hydrogen-bond acceptors (Lipinski definition) is 4. The highest BCUT2D eigenvalue weighted by molar-refractivity contribution is 9.10. The Morgan fingerprint density at radius 3 is 2.78 bits per heavy atom. The Hall–Kier alpha value is -1.92. The van der Waals surface area contributed by atoms with Crippen LogP contribution in [0.1, 0.15) is 17.4 Å². The third-order valence-electron chi connectivity index (χ3n) is 2.98. The van der Waals surface area contributed by atoms with Crippen LogP contribution < -0.4 is 5.32 Å². The number of carbonyl (C=O) groups excluding carboxylic acids is 2. The fourth-order valence-electron chi connectivity index (χ4n) is 1.77. The lowest BCUT2D eigenvalue weighted by Crippen LogP contribution is -2.34. The molecule has 0 bridgehead atoms. The van der Waals surface area contributed by atoms with Crippen molar-refractivity contribution in [1.29, 1.82) is 0 Å². The van der Waals surface area contributed by atoms with Crippen molar-refractivity contribution in [1.82, 2.24) is 5.32 Å². The Balaban J connectivity index is 1.82. The van der Waals surface area contributed by atoms with E-state index in [4.69, 9.17) is 4.74 Å². The lowest BCUT2D eigenvalue weighted by Gasteiger charge is -2.11. The molecule has 0 radical (unpaired) electrons. The topological polar surface area (TPSA) is 55.4 Å². The molecular weight excluding hydrogens is 378 g/mol. The van der Waals surface area contributed by atoms with Crippen LogP contribution in [0.2, 0.25) is 0 Å². The van der Waals surface area contributed by atoms with Gasteiger partial charge in [0.2, 0.25) is 0 Å². The minimum Gasteiger partial charge on any atom is -0.449 e. The molecule has 1 heterocycles. The average Bonchev–Trinajstić information content (AvgIpc) is 3.05. The minimum absolute atomic E-state index is 0.318. The molecule has 1 aromatic carbocycles. The van der Waals surface area contributed by atoms with E-state index < -0.39 is 12.1 Å². The molecule has 1 N–H and O–H groups in total. The van der Waals surface area contributed by atoms with Gasteiger partial charge in [-0.15, -0.1) is 11.3 Å². The van der Waals surface area contributed by atoms with Crippen molar-refractivity contribution >= 4 is 45.2 Å². The summed E-state index contributed by atoms with van der Waals surface area (Å²) in [6, 6.07) is 11.4. The Bertz CT molecular complexity index is 698. The Morgan fingerprint density at radius 2 is 2.09 bits per heavy atom. The molecule has 0 aliphatic heterocycles. The zero-order chi connectivity index (χ0) is 16.7. The largest absolute Gasteiger partial charge is 0.449 e. The standard InChI is InChI=1S/C17H16BrNO3S/c1-12(17(21)19-11-14-6-4-10-23-14)22-16(20)9-8-13-5-2-3-7-15(13)18/h2-10,12H,11H2,1H3,(H,19,21)/b9-8+/t12-/m0/s1. The number of esters is 1. The fourth-order valence-corrected chi connectivity index (χ4v) is 2.83. The summed E-state index contributed by atoms with van der Waals surface area (Å²) >= 11 is 4.95. The molecule has 0 saturated carbocycles. The van der Waals surface area contributed by atoms with Gasteiger partial charge in [-0.05, 0) is 36.1 Å². The van der Waals surface area contributed by atoms with Gasteiger partial charge in [-0.2, -0.15) is 0 Å². The molecule has 0 aliphatic rings. The van der Waals surface area contributed by atoms with Crippen LogP contribution in [-0.4, -0.2) is 18.0 Å². The second-order valence-corrected chi connectivity index (χ2v) is 6.62. The smallest absolute Gasteiger partial charge is 0.331 e. The molecule has 4 nitrogen and oxygen atoms in total. The van der Waals surface area contributed by atoms with Gasteiger partial charge in [-0.3, -0.25) is 4.79 Å². The van der Waals surface area contributed by atoms with E-state index in [0.717, 1.165) is 14.9 Å². The molecule has 0 saturated heterocycles. The second kappa shape index (κ2) is 8.64. The van der Waals surface area contributed by atoms with Gasteiger partial charge in [0, 0.05) is 15.4 Å². The van der Waals surface area contributed by atoms with Crippen molar-refractivity contribution in [3.8, 4) is 0 Å². The van der Waals surface area contributed by atoms with E-state index in [2.05, 4.69) is 21.2 Å². The summed E-state index contributed by atoms with van der Waals surface area (Å²) < 4.78 is 5.97. The highest BCUT2D eigenvalue weighted by Gasteiger charge is 2.16. The van der Waals surface area contributed by atoms with Crippen molar-refractivity contribution in [3.05, 3.63) is 62.8 Å². The normalized spacial score (nSPS) is 12.1. The van der Waals surface area contributed by atoms with Crippen LogP contribution in [0, 0.1) is 0 Å². The first-order chi connectivity index (χ1) is 11.1. The Kier molecular flexibility index (Phi) is 6.55. The summed E-state index contributed by atoms with van der Waals surface area (Å²) in [7, 11) is 0. The van der Waals surface area contributed by atoms with Crippen molar-refractivity contribution in [2.24, 2.45) is 0 Å². The van der Waals surface area contributed by atoms with Gasteiger partial charge in [-0.25, -0.2) is 4.79 Å². The summed E-state index contributed by atoms with van der Waals surface area (Å²) in [6.07, 6.45) is 2.11. The molecular formula is C17H16BrNO3S. The molecule has 0 spiro atoms. The number of benzene rings is 1. The van der Waals surface area contributed by atoms with E-state index in [1.807, 2.05) is 41.8 Å². The first-order valence-electron chi connectivity index (χ1n) is 6.99. The first-order valence-corrected chi connectivity index (χ1v) is 8.67. The van der Waals surface area contributed by atoms with Gasteiger partial charge in [0.25, 0.3) is 5.91 Å². The van der Waals surface area contributed by atoms with Gasteiger partial charge in [0.15, 0.2) is 6.10 Å². The number of amides is 1. The molecule has 1 amide bonds. The van der Waals surface area contributed by atoms with E-state index in [-0.39, 0.29) is 5.91 Å². The zero-order valence-corrected chi connectivity index (χ0v) is 14.9. The third-order valence-corrected chi connectivity index (χ3v) is 4.58. The molecule has 1 atom stereocenters.